The van der Waals surface area contributed by atoms with Crippen molar-refractivity contribution < 1.29 is 0 Å². The SMILES string of the molecule is CN(CCCNC1CC1)CCc1ccccc1. The molecule has 17 heavy (non-hydrogen) atoms. The molecule has 1 aromatic carbocycles. The average Bonchev–Trinajstić information content (AvgIpc) is 3.17. The predicted molar refractivity (Wildman–Crippen MR) is 73.3 cm³/mol. The van der Waals surface area contributed by atoms with Gasteiger partial charge < -0.3 is 10.2 Å². The standard InChI is InChI=1S/C15H24N2/c1-17(12-5-11-16-15-8-9-15)13-10-14-6-3-2-4-7-14/h2-4,6-7,15-16H,5,8-13H2,1H3. The second-order valence-electron chi connectivity index (χ2n) is 5.12. The van der Waals surface area contributed by atoms with E-state index in [1.54, 1.807) is 0 Å². The number of benzene rings is 1. The molecule has 0 heterocycles. The van der Waals surface area contributed by atoms with Crippen LogP contribution in [0.1, 0.15) is 24.8 Å². The lowest BCUT2D eigenvalue weighted by molar-refractivity contribution is 0.330. The molecule has 1 aliphatic carbocycles. The van der Waals surface area contributed by atoms with Crippen molar-refractivity contribution in [3.05, 3.63) is 35.9 Å². The molecule has 0 aliphatic heterocycles. The van der Waals surface area contributed by atoms with Crippen molar-refractivity contribution >= 4 is 0 Å². The van der Waals surface area contributed by atoms with Crippen LogP contribution in [0.2, 0.25) is 0 Å². The molecule has 1 fully saturated rings. The van der Waals surface area contributed by atoms with E-state index >= 15 is 0 Å². The van der Waals surface area contributed by atoms with Gasteiger partial charge in [-0.15, -0.1) is 0 Å². The van der Waals surface area contributed by atoms with E-state index in [2.05, 4.69) is 47.6 Å². The van der Waals surface area contributed by atoms with E-state index in [1.807, 2.05) is 0 Å². The molecule has 2 nitrogen and oxygen atoms in total. The van der Waals surface area contributed by atoms with Crippen LogP contribution < -0.4 is 5.32 Å². The van der Waals surface area contributed by atoms with Crippen molar-refractivity contribution in [2.75, 3.05) is 26.7 Å². The Morgan fingerprint density at radius 2 is 1.94 bits per heavy atom. The lowest BCUT2D eigenvalue weighted by Gasteiger charge is -2.16. The van der Waals surface area contributed by atoms with Crippen molar-refractivity contribution in [3.63, 3.8) is 0 Å². The summed E-state index contributed by atoms with van der Waals surface area (Å²) in [6.07, 6.45) is 5.21. The van der Waals surface area contributed by atoms with E-state index in [0.29, 0.717) is 0 Å². The number of nitrogens with one attached hydrogen (secondary N) is 1. The minimum absolute atomic E-state index is 0.852. The van der Waals surface area contributed by atoms with Crippen molar-refractivity contribution in [1.29, 1.82) is 0 Å². The van der Waals surface area contributed by atoms with Gasteiger partial charge in [-0.2, -0.15) is 0 Å². The highest BCUT2D eigenvalue weighted by molar-refractivity contribution is 5.14. The first-order valence-electron chi connectivity index (χ1n) is 6.80. The second-order valence-corrected chi connectivity index (χ2v) is 5.12. The van der Waals surface area contributed by atoms with Gasteiger partial charge in [-0.3, -0.25) is 0 Å². The summed E-state index contributed by atoms with van der Waals surface area (Å²) in [7, 11) is 2.22. The summed E-state index contributed by atoms with van der Waals surface area (Å²) in [6, 6.07) is 11.6. The van der Waals surface area contributed by atoms with Gasteiger partial charge in [0.2, 0.25) is 0 Å². The van der Waals surface area contributed by atoms with E-state index < -0.39 is 0 Å². The molecule has 0 unspecified atom stereocenters. The second kappa shape index (κ2) is 6.77. The molecule has 0 aromatic heterocycles. The van der Waals surface area contributed by atoms with Gasteiger partial charge in [0.1, 0.15) is 0 Å². The molecule has 0 atom stereocenters. The molecule has 0 bridgehead atoms. The molecule has 2 heteroatoms. The first-order chi connectivity index (χ1) is 8.34. The van der Waals surface area contributed by atoms with E-state index in [-0.39, 0.29) is 0 Å². The summed E-state index contributed by atoms with van der Waals surface area (Å²) in [6.45, 7) is 3.54. The van der Waals surface area contributed by atoms with Gasteiger partial charge in [-0.25, -0.2) is 0 Å². The zero-order valence-corrected chi connectivity index (χ0v) is 10.9. The smallest absolute Gasteiger partial charge is 0.00682 e. The molecular weight excluding hydrogens is 208 g/mol. The van der Waals surface area contributed by atoms with Crippen LogP contribution in [-0.4, -0.2) is 37.6 Å². The molecule has 1 N–H and O–H groups in total. The summed E-state index contributed by atoms with van der Waals surface area (Å²) in [5.41, 5.74) is 1.44. The molecule has 0 amide bonds. The highest BCUT2D eigenvalue weighted by atomic mass is 15.1. The average molecular weight is 232 g/mol. The summed E-state index contributed by atoms with van der Waals surface area (Å²) < 4.78 is 0. The van der Waals surface area contributed by atoms with Crippen LogP contribution in [0.25, 0.3) is 0 Å². The number of nitrogens with zero attached hydrogens (tertiary/aromatic N) is 1. The summed E-state index contributed by atoms with van der Waals surface area (Å²) in [5, 5.41) is 3.56. The zero-order chi connectivity index (χ0) is 11.9. The largest absolute Gasteiger partial charge is 0.314 e. The van der Waals surface area contributed by atoms with Crippen LogP contribution in [0.5, 0.6) is 0 Å². The fourth-order valence-electron chi connectivity index (χ4n) is 2.02. The molecule has 2 rings (SSSR count). The Balaban J connectivity index is 1.52. The van der Waals surface area contributed by atoms with E-state index in [1.165, 1.54) is 37.9 Å². The van der Waals surface area contributed by atoms with Crippen LogP contribution in [0, 0.1) is 0 Å². The molecular formula is C15H24N2. The van der Waals surface area contributed by atoms with Gasteiger partial charge in [0.25, 0.3) is 0 Å². The number of likely N-dealkylation sites (N-methyl/N-ethyl adjacent to an activating group) is 1. The Labute approximate surface area is 105 Å². The topological polar surface area (TPSA) is 15.3 Å². The summed E-state index contributed by atoms with van der Waals surface area (Å²) in [4.78, 5) is 2.43. The maximum absolute atomic E-state index is 3.56. The van der Waals surface area contributed by atoms with Crippen molar-refractivity contribution in [1.82, 2.24) is 10.2 Å². The first kappa shape index (κ1) is 12.6. The normalized spacial score (nSPS) is 15.4. The highest BCUT2D eigenvalue weighted by Crippen LogP contribution is 2.18. The quantitative estimate of drug-likeness (QED) is 0.692. The van der Waals surface area contributed by atoms with Crippen LogP contribution in [0.4, 0.5) is 0 Å². The molecule has 94 valence electrons. The van der Waals surface area contributed by atoms with E-state index in [9.17, 15) is 0 Å². The summed E-state index contributed by atoms with van der Waals surface area (Å²) in [5.74, 6) is 0. The predicted octanol–water partition coefficient (Wildman–Crippen LogP) is 2.30. The van der Waals surface area contributed by atoms with Crippen molar-refractivity contribution in [2.24, 2.45) is 0 Å². The third-order valence-electron chi connectivity index (χ3n) is 3.35. The van der Waals surface area contributed by atoms with E-state index in [4.69, 9.17) is 0 Å². The maximum atomic E-state index is 3.56. The molecule has 1 saturated carbocycles. The van der Waals surface area contributed by atoms with Gasteiger partial charge >= 0.3 is 0 Å². The van der Waals surface area contributed by atoms with Gasteiger partial charge in [0.05, 0.1) is 0 Å². The van der Waals surface area contributed by atoms with E-state index in [0.717, 1.165) is 19.0 Å². The van der Waals surface area contributed by atoms with Crippen LogP contribution in [0.3, 0.4) is 0 Å². The Kier molecular flexibility index (Phi) is 5.02. The lowest BCUT2D eigenvalue weighted by atomic mass is 10.1. The molecule has 0 spiro atoms. The zero-order valence-electron chi connectivity index (χ0n) is 10.9. The Hall–Kier alpha value is -0.860. The Bertz CT molecular complexity index is 306. The summed E-state index contributed by atoms with van der Waals surface area (Å²) >= 11 is 0. The Morgan fingerprint density at radius 1 is 1.18 bits per heavy atom. The minimum atomic E-state index is 0.852. The fraction of sp³-hybridized carbons (Fsp3) is 0.600. The highest BCUT2D eigenvalue weighted by Gasteiger charge is 2.19. The number of hydrogen-bond donors (Lipinski definition) is 1. The number of rotatable bonds is 8. The van der Waals surface area contributed by atoms with Gasteiger partial charge in [0.15, 0.2) is 0 Å². The molecule has 1 aliphatic rings. The monoisotopic (exact) mass is 232 g/mol. The van der Waals surface area contributed by atoms with Gasteiger partial charge in [-0.1, -0.05) is 30.3 Å². The van der Waals surface area contributed by atoms with Crippen LogP contribution in [0.15, 0.2) is 30.3 Å². The first-order valence-corrected chi connectivity index (χ1v) is 6.80. The van der Waals surface area contributed by atoms with Crippen LogP contribution >= 0.6 is 0 Å². The molecule has 0 radical (unpaired) electrons. The fourth-order valence-corrected chi connectivity index (χ4v) is 2.02. The van der Waals surface area contributed by atoms with Crippen molar-refractivity contribution in [3.8, 4) is 0 Å². The van der Waals surface area contributed by atoms with Crippen molar-refractivity contribution in [2.45, 2.75) is 31.7 Å². The third kappa shape index (κ3) is 5.33. The Morgan fingerprint density at radius 3 is 2.65 bits per heavy atom. The molecule has 0 saturated heterocycles. The lowest BCUT2D eigenvalue weighted by Crippen LogP contribution is -2.26. The minimum Gasteiger partial charge on any atom is -0.314 e. The van der Waals surface area contributed by atoms with Gasteiger partial charge in [-0.05, 0) is 51.4 Å². The van der Waals surface area contributed by atoms with Crippen LogP contribution in [-0.2, 0) is 6.42 Å². The molecule has 1 aromatic rings. The maximum Gasteiger partial charge on any atom is 0.00682 e. The van der Waals surface area contributed by atoms with Gasteiger partial charge in [0, 0.05) is 12.6 Å². The third-order valence-corrected chi connectivity index (χ3v) is 3.35. The number of hydrogen-bond acceptors (Lipinski definition) is 2.